The highest BCUT2D eigenvalue weighted by molar-refractivity contribution is 5.94. The zero-order valence-corrected chi connectivity index (χ0v) is 12.0. The summed E-state index contributed by atoms with van der Waals surface area (Å²) < 4.78 is 28.3. The number of hydrogen-bond donors (Lipinski definition) is 2. The number of halogens is 2. The SMILES string of the molecule is NC(=O)c1cccc(CNC(=O)c2ccc(OC(F)F)cc2)c1. The Morgan fingerprint density at radius 3 is 2.39 bits per heavy atom. The second-order valence-electron chi connectivity index (χ2n) is 4.65. The van der Waals surface area contributed by atoms with Gasteiger partial charge in [-0.05, 0) is 42.0 Å². The van der Waals surface area contributed by atoms with Crippen LogP contribution in [0.15, 0.2) is 48.5 Å². The fourth-order valence-corrected chi connectivity index (χ4v) is 1.91. The number of carbonyl (C=O) groups is 2. The third kappa shape index (κ3) is 4.77. The first-order chi connectivity index (χ1) is 11.0. The normalized spacial score (nSPS) is 10.4. The van der Waals surface area contributed by atoms with E-state index in [9.17, 15) is 18.4 Å². The number of nitrogens with one attached hydrogen (secondary N) is 1. The summed E-state index contributed by atoms with van der Waals surface area (Å²) in [5.41, 5.74) is 6.56. The molecule has 0 aliphatic rings. The first-order valence-corrected chi connectivity index (χ1v) is 6.67. The molecule has 0 aliphatic heterocycles. The number of primary amides is 1. The number of ether oxygens (including phenoxy) is 1. The van der Waals surface area contributed by atoms with Crippen molar-refractivity contribution in [1.82, 2.24) is 5.32 Å². The Hall–Kier alpha value is -2.96. The quantitative estimate of drug-likeness (QED) is 0.857. The van der Waals surface area contributed by atoms with Gasteiger partial charge in [-0.2, -0.15) is 8.78 Å². The molecule has 7 heteroatoms. The lowest BCUT2D eigenvalue weighted by atomic mass is 10.1. The molecule has 0 bridgehead atoms. The van der Waals surface area contributed by atoms with Gasteiger partial charge in [0, 0.05) is 17.7 Å². The predicted octanol–water partition coefficient (Wildman–Crippen LogP) is 2.32. The Labute approximate surface area is 131 Å². The molecule has 0 aromatic heterocycles. The monoisotopic (exact) mass is 320 g/mol. The lowest BCUT2D eigenvalue weighted by molar-refractivity contribution is -0.0498. The lowest BCUT2D eigenvalue weighted by Crippen LogP contribution is -2.23. The first kappa shape index (κ1) is 16.4. The molecule has 0 radical (unpaired) electrons. The second kappa shape index (κ2) is 7.35. The van der Waals surface area contributed by atoms with Gasteiger partial charge in [0.05, 0.1) is 0 Å². The van der Waals surface area contributed by atoms with Gasteiger partial charge < -0.3 is 15.8 Å². The largest absolute Gasteiger partial charge is 0.435 e. The maximum Gasteiger partial charge on any atom is 0.387 e. The van der Waals surface area contributed by atoms with Crippen LogP contribution in [-0.2, 0) is 6.54 Å². The van der Waals surface area contributed by atoms with E-state index in [4.69, 9.17) is 5.73 Å². The molecule has 0 spiro atoms. The van der Waals surface area contributed by atoms with E-state index in [1.54, 1.807) is 24.3 Å². The molecule has 23 heavy (non-hydrogen) atoms. The average molecular weight is 320 g/mol. The van der Waals surface area contributed by atoms with Crippen molar-refractivity contribution in [2.75, 3.05) is 0 Å². The van der Waals surface area contributed by atoms with Gasteiger partial charge >= 0.3 is 6.61 Å². The van der Waals surface area contributed by atoms with Crippen LogP contribution in [0.4, 0.5) is 8.78 Å². The summed E-state index contributed by atoms with van der Waals surface area (Å²) in [5, 5.41) is 2.66. The molecule has 0 heterocycles. The Balaban J connectivity index is 1.96. The van der Waals surface area contributed by atoms with Gasteiger partial charge in [0.2, 0.25) is 5.91 Å². The van der Waals surface area contributed by atoms with Crippen LogP contribution in [-0.4, -0.2) is 18.4 Å². The van der Waals surface area contributed by atoms with Crippen LogP contribution in [0.5, 0.6) is 5.75 Å². The van der Waals surface area contributed by atoms with Crippen LogP contribution in [0.3, 0.4) is 0 Å². The van der Waals surface area contributed by atoms with E-state index in [0.717, 1.165) is 0 Å². The third-order valence-corrected chi connectivity index (χ3v) is 3.01. The van der Waals surface area contributed by atoms with Crippen LogP contribution in [0, 0.1) is 0 Å². The van der Waals surface area contributed by atoms with Crippen LogP contribution < -0.4 is 15.8 Å². The summed E-state index contributed by atoms with van der Waals surface area (Å²) in [6, 6.07) is 11.9. The van der Waals surface area contributed by atoms with Crippen molar-refractivity contribution in [2.45, 2.75) is 13.2 Å². The summed E-state index contributed by atoms with van der Waals surface area (Å²) in [6.07, 6.45) is 0. The molecule has 3 N–H and O–H groups in total. The minimum absolute atomic E-state index is 0.0225. The highest BCUT2D eigenvalue weighted by Gasteiger charge is 2.08. The van der Waals surface area contributed by atoms with Crippen LogP contribution >= 0.6 is 0 Å². The molecule has 0 unspecified atom stereocenters. The molecule has 0 fully saturated rings. The number of rotatable bonds is 6. The van der Waals surface area contributed by atoms with Crippen molar-refractivity contribution in [3.05, 3.63) is 65.2 Å². The number of nitrogens with two attached hydrogens (primary N) is 1. The fourth-order valence-electron chi connectivity index (χ4n) is 1.91. The molecule has 120 valence electrons. The number of amides is 2. The van der Waals surface area contributed by atoms with Gasteiger partial charge in [-0.15, -0.1) is 0 Å². The number of alkyl halides is 2. The van der Waals surface area contributed by atoms with Crippen molar-refractivity contribution in [3.63, 3.8) is 0 Å². The van der Waals surface area contributed by atoms with Gasteiger partial charge in [0.15, 0.2) is 0 Å². The van der Waals surface area contributed by atoms with Crippen LogP contribution in [0.25, 0.3) is 0 Å². The molecule has 0 aliphatic carbocycles. The highest BCUT2D eigenvalue weighted by Crippen LogP contribution is 2.15. The third-order valence-electron chi connectivity index (χ3n) is 3.01. The van der Waals surface area contributed by atoms with Gasteiger partial charge in [0.25, 0.3) is 5.91 Å². The predicted molar refractivity (Wildman–Crippen MR) is 79.2 cm³/mol. The number of carbonyl (C=O) groups excluding carboxylic acids is 2. The van der Waals surface area contributed by atoms with Gasteiger partial charge in [-0.3, -0.25) is 9.59 Å². The minimum Gasteiger partial charge on any atom is -0.435 e. The standard InChI is InChI=1S/C16H14F2N2O3/c17-16(18)23-13-6-4-11(5-7-13)15(22)20-9-10-2-1-3-12(8-10)14(19)21/h1-8,16H,9H2,(H2,19,21)(H,20,22). The zero-order chi connectivity index (χ0) is 16.8. The van der Waals surface area contributed by atoms with Crippen LogP contribution in [0.1, 0.15) is 26.3 Å². The van der Waals surface area contributed by atoms with Gasteiger partial charge in [-0.1, -0.05) is 12.1 Å². The molecule has 0 atom stereocenters. The molecular weight excluding hydrogens is 306 g/mol. The van der Waals surface area contributed by atoms with Crippen molar-refractivity contribution < 1.29 is 23.1 Å². The first-order valence-electron chi connectivity index (χ1n) is 6.67. The highest BCUT2D eigenvalue weighted by atomic mass is 19.3. The van der Waals surface area contributed by atoms with Crippen molar-refractivity contribution in [3.8, 4) is 5.75 Å². The van der Waals surface area contributed by atoms with E-state index in [2.05, 4.69) is 10.1 Å². The number of hydrogen-bond acceptors (Lipinski definition) is 3. The molecule has 5 nitrogen and oxygen atoms in total. The lowest BCUT2D eigenvalue weighted by Gasteiger charge is -2.08. The molecule has 2 amide bonds. The second-order valence-corrected chi connectivity index (χ2v) is 4.65. The molecule has 0 saturated heterocycles. The van der Waals surface area contributed by atoms with Crippen molar-refractivity contribution >= 4 is 11.8 Å². The topological polar surface area (TPSA) is 81.4 Å². The maximum absolute atomic E-state index is 12.0. The van der Waals surface area contributed by atoms with E-state index in [-0.39, 0.29) is 18.2 Å². The maximum atomic E-state index is 12.0. The molecule has 2 rings (SSSR count). The van der Waals surface area contributed by atoms with E-state index >= 15 is 0 Å². The van der Waals surface area contributed by atoms with Crippen molar-refractivity contribution in [2.24, 2.45) is 5.73 Å². The summed E-state index contributed by atoms with van der Waals surface area (Å²) in [4.78, 5) is 23.1. The molecular formula is C16H14F2N2O3. The van der Waals surface area contributed by atoms with Gasteiger partial charge in [0.1, 0.15) is 5.75 Å². The van der Waals surface area contributed by atoms with E-state index in [0.29, 0.717) is 16.7 Å². The molecule has 2 aromatic rings. The number of benzene rings is 2. The smallest absolute Gasteiger partial charge is 0.387 e. The summed E-state index contributed by atoms with van der Waals surface area (Å²) in [7, 11) is 0. The zero-order valence-electron chi connectivity index (χ0n) is 12.0. The minimum atomic E-state index is -2.91. The summed E-state index contributed by atoms with van der Waals surface area (Å²) in [6.45, 7) is -2.71. The molecule has 0 saturated carbocycles. The Kier molecular flexibility index (Phi) is 5.24. The van der Waals surface area contributed by atoms with Crippen molar-refractivity contribution in [1.29, 1.82) is 0 Å². The average Bonchev–Trinajstić information content (AvgIpc) is 2.53. The fraction of sp³-hybridized carbons (Fsp3) is 0.125. The van der Waals surface area contributed by atoms with E-state index in [1.807, 2.05) is 0 Å². The summed E-state index contributed by atoms with van der Waals surface area (Å²) in [5.74, 6) is -0.948. The van der Waals surface area contributed by atoms with E-state index in [1.165, 1.54) is 24.3 Å². The Morgan fingerprint density at radius 1 is 1.09 bits per heavy atom. The summed E-state index contributed by atoms with van der Waals surface area (Å²) >= 11 is 0. The van der Waals surface area contributed by atoms with E-state index < -0.39 is 12.5 Å². The van der Waals surface area contributed by atoms with Gasteiger partial charge in [-0.25, -0.2) is 0 Å². The Morgan fingerprint density at radius 2 is 1.78 bits per heavy atom. The Bertz CT molecular complexity index is 703. The van der Waals surface area contributed by atoms with Crippen LogP contribution in [0.2, 0.25) is 0 Å². The molecule has 2 aromatic carbocycles.